The van der Waals surface area contributed by atoms with Crippen LogP contribution in [-0.2, 0) is 20.6 Å². The molecule has 2 rings (SSSR count). The van der Waals surface area contributed by atoms with E-state index >= 15 is 0 Å². The summed E-state index contributed by atoms with van der Waals surface area (Å²) in [5.41, 5.74) is -0.381. The molecule has 0 aliphatic heterocycles. The molecule has 0 aliphatic rings. The SMILES string of the molecule is [2H]C(C)(O)C([2H])([2H])CCCn1c(=O)c2c(nc(C)n2C)n(C)c1=O. The fourth-order valence-electron chi connectivity index (χ4n) is 2.26. The predicted molar refractivity (Wildman–Crippen MR) is 80.5 cm³/mol. The quantitative estimate of drug-likeness (QED) is 0.860. The van der Waals surface area contributed by atoms with E-state index in [-0.39, 0.29) is 19.4 Å². The molecule has 0 aromatic carbocycles. The minimum Gasteiger partial charge on any atom is -0.393 e. The van der Waals surface area contributed by atoms with E-state index in [0.29, 0.717) is 17.0 Å². The summed E-state index contributed by atoms with van der Waals surface area (Å²) in [7, 11) is 3.22. The van der Waals surface area contributed by atoms with E-state index in [2.05, 4.69) is 4.98 Å². The first kappa shape index (κ1) is 11.7. The summed E-state index contributed by atoms with van der Waals surface area (Å²) in [6.45, 7) is 2.81. The zero-order chi connectivity index (χ0) is 18.4. The molecule has 2 aromatic heterocycles. The number of aromatic nitrogens is 4. The lowest BCUT2D eigenvalue weighted by Crippen LogP contribution is -2.39. The minimum atomic E-state index is -2.24. The summed E-state index contributed by atoms with van der Waals surface area (Å²) < 4.78 is 26.8. The first-order chi connectivity index (χ1) is 10.9. The van der Waals surface area contributed by atoms with E-state index < -0.39 is 23.7 Å². The van der Waals surface area contributed by atoms with E-state index in [0.717, 1.165) is 11.5 Å². The van der Waals surface area contributed by atoms with Gasteiger partial charge in [-0.2, -0.15) is 0 Å². The molecule has 0 amide bonds. The van der Waals surface area contributed by atoms with Gasteiger partial charge in [0.15, 0.2) is 11.2 Å². The van der Waals surface area contributed by atoms with Crippen molar-refractivity contribution in [2.45, 2.75) is 45.7 Å². The molecule has 7 nitrogen and oxygen atoms in total. The van der Waals surface area contributed by atoms with Crippen molar-refractivity contribution >= 4 is 11.2 Å². The van der Waals surface area contributed by atoms with Crippen molar-refractivity contribution in [1.82, 2.24) is 18.7 Å². The Hall–Kier alpha value is -1.89. The molecule has 2 heterocycles. The minimum absolute atomic E-state index is 0.00125. The third kappa shape index (κ3) is 2.78. The van der Waals surface area contributed by atoms with Crippen LogP contribution in [0.25, 0.3) is 11.2 Å². The molecule has 1 N–H and O–H groups in total. The zero-order valence-electron chi connectivity index (χ0n) is 15.7. The molecule has 1 unspecified atom stereocenters. The van der Waals surface area contributed by atoms with Crippen LogP contribution in [0, 0.1) is 6.92 Å². The lowest BCUT2D eigenvalue weighted by atomic mass is 10.2. The van der Waals surface area contributed by atoms with Crippen molar-refractivity contribution in [1.29, 1.82) is 0 Å². The number of aliphatic hydroxyl groups is 1. The first-order valence-corrected chi connectivity index (χ1v) is 6.73. The molecule has 0 aliphatic carbocycles. The summed E-state index contributed by atoms with van der Waals surface area (Å²) in [5, 5.41) is 9.52. The molecule has 21 heavy (non-hydrogen) atoms. The van der Waals surface area contributed by atoms with Crippen molar-refractivity contribution in [2.24, 2.45) is 14.1 Å². The Morgan fingerprint density at radius 3 is 2.62 bits per heavy atom. The molecular formula is C14H22N4O3. The summed E-state index contributed by atoms with van der Waals surface area (Å²) in [6, 6.07) is 0. The van der Waals surface area contributed by atoms with Crippen LogP contribution in [0.15, 0.2) is 9.59 Å². The number of nitrogens with zero attached hydrogens (tertiary/aromatic N) is 4. The highest BCUT2D eigenvalue weighted by Gasteiger charge is 2.16. The first-order valence-electron chi connectivity index (χ1n) is 8.23. The molecule has 0 saturated heterocycles. The van der Waals surface area contributed by atoms with Gasteiger partial charge in [0.05, 0.1) is 7.45 Å². The van der Waals surface area contributed by atoms with Gasteiger partial charge in [-0.3, -0.25) is 13.9 Å². The lowest BCUT2D eigenvalue weighted by Gasteiger charge is -2.09. The van der Waals surface area contributed by atoms with E-state index in [1.54, 1.807) is 18.5 Å². The third-order valence-electron chi connectivity index (χ3n) is 3.52. The normalized spacial score (nSPS) is 17.3. The van der Waals surface area contributed by atoms with Crippen molar-refractivity contribution < 1.29 is 9.22 Å². The Morgan fingerprint density at radius 2 is 2.00 bits per heavy atom. The van der Waals surface area contributed by atoms with Crippen LogP contribution in [0.5, 0.6) is 0 Å². The van der Waals surface area contributed by atoms with Gasteiger partial charge < -0.3 is 9.67 Å². The van der Waals surface area contributed by atoms with E-state index in [1.807, 2.05) is 0 Å². The van der Waals surface area contributed by atoms with E-state index in [4.69, 9.17) is 4.11 Å². The average Bonchev–Trinajstić information content (AvgIpc) is 2.75. The Morgan fingerprint density at radius 1 is 1.33 bits per heavy atom. The Bertz CT molecular complexity index is 890. The maximum atomic E-state index is 12.6. The van der Waals surface area contributed by atoms with Crippen LogP contribution in [0.4, 0.5) is 0 Å². The van der Waals surface area contributed by atoms with Gasteiger partial charge in [0, 0.05) is 23.4 Å². The second-order valence-corrected chi connectivity index (χ2v) is 5.05. The number of fused-ring (bicyclic) bond motifs is 1. The highest BCUT2D eigenvalue weighted by Crippen LogP contribution is 2.08. The van der Waals surface area contributed by atoms with Crippen LogP contribution in [-0.4, -0.2) is 29.9 Å². The highest BCUT2D eigenvalue weighted by atomic mass is 16.3. The fourth-order valence-corrected chi connectivity index (χ4v) is 2.26. The van der Waals surface area contributed by atoms with Crippen LogP contribution in [0.3, 0.4) is 0 Å². The van der Waals surface area contributed by atoms with Crippen molar-refractivity contribution in [3.05, 3.63) is 26.7 Å². The molecule has 0 bridgehead atoms. The van der Waals surface area contributed by atoms with Gasteiger partial charge in [-0.05, 0) is 33.1 Å². The molecule has 7 heteroatoms. The molecule has 2 aromatic rings. The van der Waals surface area contributed by atoms with Crippen molar-refractivity contribution in [3.63, 3.8) is 0 Å². The predicted octanol–water partition coefficient (Wildman–Crippen LogP) is 0.293. The molecule has 0 saturated carbocycles. The van der Waals surface area contributed by atoms with Gasteiger partial charge in [0.2, 0.25) is 0 Å². The monoisotopic (exact) mass is 297 g/mol. The van der Waals surface area contributed by atoms with E-state index in [9.17, 15) is 14.7 Å². The van der Waals surface area contributed by atoms with Crippen molar-refractivity contribution in [3.8, 4) is 0 Å². The van der Waals surface area contributed by atoms with Gasteiger partial charge in [0.1, 0.15) is 5.82 Å². The van der Waals surface area contributed by atoms with Gasteiger partial charge in [-0.15, -0.1) is 0 Å². The standard InChI is InChI=1S/C14H22N4O3/c1-9(19)7-5-6-8-18-13(20)11-12(17(4)14(18)21)15-10(2)16(11)3/h9,19H,5-8H2,1-4H3/i7D2,9D. The number of imidazole rings is 1. The number of aryl methyl sites for hydroxylation is 3. The molecule has 0 spiro atoms. The summed E-state index contributed by atoms with van der Waals surface area (Å²) in [4.78, 5) is 29.2. The van der Waals surface area contributed by atoms with Gasteiger partial charge in [-0.1, -0.05) is 0 Å². The summed E-state index contributed by atoms with van der Waals surface area (Å²) >= 11 is 0. The number of hydrogen-bond acceptors (Lipinski definition) is 4. The number of rotatable bonds is 5. The lowest BCUT2D eigenvalue weighted by molar-refractivity contribution is 0.180. The van der Waals surface area contributed by atoms with Gasteiger partial charge in [0.25, 0.3) is 5.56 Å². The van der Waals surface area contributed by atoms with Crippen LogP contribution in [0.2, 0.25) is 0 Å². The topological polar surface area (TPSA) is 82.1 Å². The largest absolute Gasteiger partial charge is 0.393 e. The maximum Gasteiger partial charge on any atom is 0.332 e. The van der Waals surface area contributed by atoms with Crippen LogP contribution >= 0.6 is 0 Å². The second-order valence-electron chi connectivity index (χ2n) is 5.05. The molecular weight excluding hydrogens is 272 g/mol. The summed E-state index contributed by atoms with van der Waals surface area (Å²) in [6.07, 6.45) is -4.40. The molecule has 0 radical (unpaired) electrons. The Labute approximate surface area is 126 Å². The fraction of sp³-hybridized carbons (Fsp3) is 0.643. The van der Waals surface area contributed by atoms with Crippen LogP contribution < -0.4 is 11.2 Å². The van der Waals surface area contributed by atoms with Crippen LogP contribution in [0.1, 0.15) is 36.1 Å². The number of hydrogen-bond donors (Lipinski definition) is 1. The summed E-state index contributed by atoms with van der Waals surface area (Å²) in [5.74, 6) is 0.608. The Balaban J connectivity index is 2.39. The zero-order valence-corrected chi connectivity index (χ0v) is 12.7. The van der Waals surface area contributed by atoms with Gasteiger partial charge in [-0.25, -0.2) is 9.78 Å². The maximum absolute atomic E-state index is 12.6. The third-order valence-corrected chi connectivity index (χ3v) is 3.52. The molecule has 116 valence electrons. The highest BCUT2D eigenvalue weighted by molar-refractivity contribution is 5.70. The Kier molecular flexibility index (Phi) is 3.27. The van der Waals surface area contributed by atoms with Gasteiger partial charge >= 0.3 is 5.69 Å². The molecule has 0 fully saturated rings. The molecule has 1 atom stereocenters. The van der Waals surface area contributed by atoms with Crippen molar-refractivity contribution in [2.75, 3.05) is 0 Å². The second kappa shape index (κ2) is 5.85. The van der Waals surface area contributed by atoms with E-state index in [1.165, 1.54) is 11.6 Å². The smallest absolute Gasteiger partial charge is 0.332 e. The average molecular weight is 297 g/mol.